The second kappa shape index (κ2) is 8.49. The Bertz CT molecular complexity index is 1320. The number of aryl methyl sites for hydroxylation is 3. The van der Waals surface area contributed by atoms with Crippen LogP contribution in [-0.4, -0.2) is 14.7 Å². The largest absolute Gasteiger partial charge is 0.351 e. The van der Waals surface area contributed by atoms with Crippen LogP contribution in [-0.2, 0) is 0 Å². The molecule has 5 rings (SSSR count). The van der Waals surface area contributed by atoms with E-state index in [1.54, 1.807) is 0 Å². The van der Waals surface area contributed by atoms with E-state index >= 15 is 0 Å². The number of rotatable bonds is 4. The van der Waals surface area contributed by atoms with E-state index in [0.717, 1.165) is 16.5 Å². The Kier molecular flexibility index (Phi) is 5.51. The molecule has 0 spiro atoms. The van der Waals surface area contributed by atoms with Gasteiger partial charge in [-0.05, 0) is 99.1 Å². The van der Waals surface area contributed by atoms with Gasteiger partial charge in [0.25, 0.3) is 0 Å². The van der Waals surface area contributed by atoms with Crippen LogP contribution < -0.4 is 10.2 Å². The summed E-state index contributed by atoms with van der Waals surface area (Å²) in [4.78, 5) is 6.94. The zero-order chi connectivity index (χ0) is 23.1. The fraction of sp³-hybridized carbons (Fsp3) is 0.214. The molecule has 2 aromatic heterocycles. The standard InChI is InChI=1S/C28H28N4S/c1-18-9-7-11-22(15-18)31-20(3)17-24(21(31)4)27-26(25-13-5-6-14-29-25)30-28(33)32(27)23-12-8-10-19(2)16-23/h5-17,26-27H,1-4H3,(H,30,33)/t26-,27+/m0/s1. The van der Waals surface area contributed by atoms with E-state index in [0.29, 0.717) is 0 Å². The molecule has 1 aliphatic rings. The molecule has 2 aromatic carbocycles. The average Bonchev–Trinajstić information content (AvgIpc) is 3.29. The molecular formula is C28H28N4S. The van der Waals surface area contributed by atoms with E-state index in [9.17, 15) is 0 Å². The number of benzene rings is 2. The molecule has 0 radical (unpaired) electrons. The van der Waals surface area contributed by atoms with Gasteiger partial charge in [0.05, 0.1) is 17.8 Å². The molecule has 1 aliphatic heterocycles. The van der Waals surface area contributed by atoms with Crippen LogP contribution in [0.15, 0.2) is 79.0 Å². The van der Waals surface area contributed by atoms with Crippen LogP contribution in [0.2, 0.25) is 0 Å². The molecule has 33 heavy (non-hydrogen) atoms. The number of hydrogen-bond donors (Lipinski definition) is 1. The first-order valence-corrected chi connectivity index (χ1v) is 11.7. The lowest BCUT2D eigenvalue weighted by atomic mass is 9.96. The average molecular weight is 453 g/mol. The van der Waals surface area contributed by atoms with Gasteiger partial charge in [-0.2, -0.15) is 0 Å². The van der Waals surface area contributed by atoms with Crippen molar-refractivity contribution in [2.24, 2.45) is 0 Å². The molecule has 0 unspecified atom stereocenters. The maximum atomic E-state index is 5.89. The Labute approximate surface area is 200 Å². The van der Waals surface area contributed by atoms with Gasteiger partial charge in [0, 0.05) is 29.0 Å². The van der Waals surface area contributed by atoms with Gasteiger partial charge in [0.1, 0.15) is 0 Å². The molecule has 1 N–H and O–H groups in total. The molecule has 4 aromatic rings. The maximum absolute atomic E-state index is 5.89. The number of hydrogen-bond acceptors (Lipinski definition) is 2. The van der Waals surface area contributed by atoms with Crippen molar-refractivity contribution in [2.75, 3.05) is 4.90 Å². The minimum atomic E-state index is -0.0503. The summed E-state index contributed by atoms with van der Waals surface area (Å²) in [5.74, 6) is 0. The Balaban J connectivity index is 1.69. The van der Waals surface area contributed by atoms with Crippen molar-refractivity contribution < 1.29 is 0 Å². The first-order chi connectivity index (χ1) is 15.9. The fourth-order valence-electron chi connectivity index (χ4n) is 4.98. The predicted octanol–water partition coefficient (Wildman–Crippen LogP) is 6.28. The summed E-state index contributed by atoms with van der Waals surface area (Å²) < 4.78 is 2.34. The fourth-order valence-corrected chi connectivity index (χ4v) is 5.32. The maximum Gasteiger partial charge on any atom is 0.174 e. The monoisotopic (exact) mass is 452 g/mol. The number of anilines is 1. The van der Waals surface area contributed by atoms with E-state index in [4.69, 9.17) is 12.2 Å². The molecule has 3 heterocycles. The Morgan fingerprint density at radius 3 is 2.18 bits per heavy atom. The van der Waals surface area contributed by atoms with Crippen molar-refractivity contribution in [2.45, 2.75) is 39.8 Å². The summed E-state index contributed by atoms with van der Waals surface area (Å²) in [5.41, 5.74) is 9.39. The third-order valence-electron chi connectivity index (χ3n) is 6.43. The van der Waals surface area contributed by atoms with E-state index in [-0.39, 0.29) is 12.1 Å². The van der Waals surface area contributed by atoms with E-state index in [2.05, 4.69) is 108 Å². The molecule has 0 aliphatic carbocycles. The number of nitrogens with one attached hydrogen (secondary N) is 1. The van der Waals surface area contributed by atoms with Crippen LogP contribution in [0.5, 0.6) is 0 Å². The molecule has 166 valence electrons. The summed E-state index contributed by atoms with van der Waals surface area (Å²) >= 11 is 5.89. The van der Waals surface area contributed by atoms with Crippen LogP contribution in [0.25, 0.3) is 5.69 Å². The third-order valence-corrected chi connectivity index (χ3v) is 6.74. The molecule has 4 nitrogen and oxygen atoms in total. The topological polar surface area (TPSA) is 33.1 Å². The van der Waals surface area contributed by atoms with Crippen molar-refractivity contribution in [3.8, 4) is 5.69 Å². The highest BCUT2D eigenvalue weighted by Crippen LogP contribution is 2.43. The highest BCUT2D eigenvalue weighted by molar-refractivity contribution is 7.80. The van der Waals surface area contributed by atoms with Gasteiger partial charge < -0.3 is 14.8 Å². The summed E-state index contributed by atoms with van der Waals surface area (Å²) in [6, 6.07) is 25.5. The number of aromatic nitrogens is 2. The Hall–Kier alpha value is -3.44. The minimum Gasteiger partial charge on any atom is -0.351 e. The quantitative estimate of drug-likeness (QED) is 0.369. The van der Waals surface area contributed by atoms with Crippen molar-refractivity contribution >= 4 is 23.0 Å². The Morgan fingerprint density at radius 2 is 1.52 bits per heavy atom. The van der Waals surface area contributed by atoms with E-state index < -0.39 is 0 Å². The van der Waals surface area contributed by atoms with Crippen molar-refractivity contribution in [1.82, 2.24) is 14.9 Å². The second-order valence-electron chi connectivity index (χ2n) is 8.84. The van der Waals surface area contributed by atoms with Gasteiger partial charge >= 0.3 is 0 Å². The van der Waals surface area contributed by atoms with Gasteiger partial charge in [-0.15, -0.1) is 0 Å². The van der Waals surface area contributed by atoms with Crippen molar-refractivity contribution in [3.05, 3.63) is 113 Å². The second-order valence-corrected chi connectivity index (χ2v) is 9.22. The summed E-state index contributed by atoms with van der Waals surface area (Å²) in [6.07, 6.45) is 1.85. The summed E-state index contributed by atoms with van der Waals surface area (Å²) in [6.45, 7) is 8.63. The molecular weight excluding hydrogens is 424 g/mol. The molecule has 0 amide bonds. The lowest BCUT2D eigenvalue weighted by Crippen LogP contribution is -2.29. The summed E-state index contributed by atoms with van der Waals surface area (Å²) in [7, 11) is 0. The van der Waals surface area contributed by atoms with Gasteiger partial charge in [0.15, 0.2) is 5.11 Å². The zero-order valence-electron chi connectivity index (χ0n) is 19.4. The van der Waals surface area contributed by atoms with Crippen LogP contribution in [0, 0.1) is 27.7 Å². The van der Waals surface area contributed by atoms with Crippen LogP contribution in [0.3, 0.4) is 0 Å². The van der Waals surface area contributed by atoms with Gasteiger partial charge in [-0.3, -0.25) is 4.98 Å². The smallest absolute Gasteiger partial charge is 0.174 e. The molecule has 2 atom stereocenters. The van der Waals surface area contributed by atoms with Gasteiger partial charge in [-0.1, -0.05) is 30.3 Å². The van der Waals surface area contributed by atoms with E-state index in [1.807, 2.05) is 18.3 Å². The SMILES string of the molecule is Cc1cccc(N2C(=S)N[C@@H](c3ccccn3)[C@H]2c2cc(C)n(-c3cccc(C)c3)c2C)c1. The highest BCUT2D eigenvalue weighted by atomic mass is 32.1. The van der Waals surface area contributed by atoms with E-state index in [1.165, 1.54) is 33.8 Å². The first-order valence-electron chi connectivity index (χ1n) is 11.3. The zero-order valence-corrected chi connectivity index (χ0v) is 20.2. The predicted molar refractivity (Wildman–Crippen MR) is 139 cm³/mol. The highest BCUT2D eigenvalue weighted by Gasteiger charge is 2.42. The Morgan fingerprint density at radius 1 is 0.818 bits per heavy atom. The number of thiocarbonyl (C=S) groups is 1. The van der Waals surface area contributed by atoms with Crippen molar-refractivity contribution in [3.63, 3.8) is 0 Å². The lowest BCUT2D eigenvalue weighted by Gasteiger charge is -2.28. The molecule has 1 saturated heterocycles. The molecule has 0 saturated carbocycles. The minimum absolute atomic E-state index is 0.0149. The summed E-state index contributed by atoms with van der Waals surface area (Å²) in [5, 5.41) is 4.30. The van der Waals surface area contributed by atoms with Gasteiger partial charge in [-0.25, -0.2) is 0 Å². The normalized spacial score (nSPS) is 17.9. The van der Waals surface area contributed by atoms with Crippen LogP contribution in [0.1, 0.15) is 45.9 Å². The number of nitrogens with zero attached hydrogens (tertiary/aromatic N) is 3. The number of pyridine rings is 1. The molecule has 5 heteroatoms. The van der Waals surface area contributed by atoms with Gasteiger partial charge in [0.2, 0.25) is 0 Å². The van der Waals surface area contributed by atoms with Crippen LogP contribution in [0.4, 0.5) is 5.69 Å². The molecule has 1 fully saturated rings. The molecule has 0 bridgehead atoms. The lowest BCUT2D eigenvalue weighted by molar-refractivity contribution is 0.565. The third kappa shape index (κ3) is 3.83. The van der Waals surface area contributed by atoms with Crippen LogP contribution >= 0.6 is 12.2 Å². The van der Waals surface area contributed by atoms with Crippen molar-refractivity contribution in [1.29, 1.82) is 0 Å². The first kappa shape index (κ1) is 21.4.